The minimum Gasteiger partial charge on any atom is -0.456 e. The Morgan fingerprint density at radius 1 is 1.44 bits per heavy atom. The quantitative estimate of drug-likeness (QED) is 0.536. The van der Waals surface area contributed by atoms with Gasteiger partial charge in [-0.2, -0.15) is 0 Å². The van der Waals surface area contributed by atoms with E-state index in [9.17, 15) is 9.18 Å². The summed E-state index contributed by atoms with van der Waals surface area (Å²) in [5.41, 5.74) is 1.80. The van der Waals surface area contributed by atoms with Gasteiger partial charge in [-0.15, -0.1) is 0 Å². The van der Waals surface area contributed by atoms with Crippen molar-refractivity contribution in [3.05, 3.63) is 34.6 Å². The Balaban J connectivity index is 3.01. The Kier molecular flexibility index (Phi) is 4.07. The second-order valence-electron chi connectivity index (χ2n) is 3.41. The summed E-state index contributed by atoms with van der Waals surface area (Å²) in [5.74, 6) is 3.70. The molecule has 1 rings (SSSR count). The van der Waals surface area contributed by atoms with Gasteiger partial charge in [0, 0.05) is 5.92 Å². The van der Waals surface area contributed by atoms with Gasteiger partial charge in [-0.25, -0.2) is 9.18 Å². The largest absolute Gasteiger partial charge is 0.456 e. The molecule has 3 heteroatoms. The second kappa shape index (κ2) is 5.32. The molecule has 0 aromatic heterocycles. The molecule has 1 aromatic carbocycles. The molecule has 16 heavy (non-hydrogen) atoms. The van der Waals surface area contributed by atoms with E-state index in [0.717, 1.165) is 5.56 Å². The first-order valence-electron chi connectivity index (χ1n) is 5.00. The minimum absolute atomic E-state index is 0.249. The minimum atomic E-state index is -0.637. The van der Waals surface area contributed by atoms with Gasteiger partial charge >= 0.3 is 5.97 Å². The molecule has 0 bridgehead atoms. The highest BCUT2D eigenvalue weighted by atomic mass is 19.1. The number of carbonyl (C=O) groups excluding carboxylic acids is 1. The lowest BCUT2D eigenvalue weighted by Crippen LogP contribution is -2.00. The van der Waals surface area contributed by atoms with Gasteiger partial charge < -0.3 is 4.74 Å². The normalized spacial score (nSPS) is 9.25. The number of halogens is 1. The van der Waals surface area contributed by atoms with Crippen molar-refractivity contribution in [2.75, 3.05) is 6.61 Å². The van der Waals surface area contributed by atoms with Crippen LogP contribution in [-0.4, -0.2) is 12.6 Å². The van der Waals surface area contributed by atoms with Crippen LogP contribution in [0.25, 0.3) is 0 Å². The van der Waals surface area contributed by atoms with E-state index in [1.54, 1.807) is 20.8 Å². The van der Waals surface area contributed by atoms with Crippen molar-refractivity contribution in [3.8, 4) is 11.8 Å². The molecule has 0 heterocycles. The predicted molar refractivity (Wildman–Crippen MR) is 59.4 cm³/mol. The van der Waals surface area contributed by atoms with Crippen molar-refractivity contribution < 1.29 is 13.9 Å². The molecule has 0 radical (unpaired) electrons. The molecular formula is C13H13FO2. The maximum absolute atomic E-state index is 13.5. The average molecular weight is 220 g/mol. The van der Waals surface area contributed by atoms with E-state index < -0.39 is 11.8 Å². The van der Waals surface area contributed by atoms with E-state index >= 15 is 0 Å². The third-order valence-electron chi connectivity index (χ3n) is 2.00. The monoisotopic (exact) mass is 220 g/mol. The summed E-state index contributed by atoms with van der Waals surface area (Å²) in [6.45, 7) is 5.52. The van der Waals surface area contributed by atoms with Crippen LogP contribution in [0.1, 0.15) is 23.6 Å². The zero-order chi connectivity index (χ0) is 12.1. The van der Waals surface area contributed by atoms with Gasteiger partial charge in [0.15, 0.2) is 0 Å². The number of hydrogen-bond acceptors (Lipinski definition) is 2. The third-order valence-corrected chi connectivity index (χ3v) is 2.00. The molecule has 0 fully saturated rings. The molecular weight excluding hydrogens is 207 g/mol. The summed E-state index contributed by atoms with van der Waals surface area (Å²) in [6, 6.07) is 3.21. The van der Waals surface area contributed by atoms with Crippen molar-refractivity contribution in [3.63, 3.8) is 0 Å². The van der Waals surface area contributed by atoms with Crippen LogP contribution >= 0.6 is 0 Å². The molecule has 0 aliphatic heterocycles. The summed E-state index contributed by atoms with van der Waals surface area (Å²) < 4.78 is 18.1. The van der Waals surface area contributed by atoms with Crippen LogP contribution in [-0.2, 0) is 9.53 Å². The number of esters is 1. The number of carbonyl (C=O) groups is 1. The Morgan fingerprint density at radius 2 is 2.12 bits per heavy atom. The Hall–Kier alpha value is -1.82. The first-order chi connectivity index (χ1) is 7.54. The van der Waals surface area contributed by atoms with Crippen LogP contribution in [0.4, 0.5) is 4.39 Å². The summed E-state index contributed by atoms with van der Waals surface area (Å²) >= 11 is 0. The van der Waals surface area contributed by atoms with Gasteiger partial charge in [-0.1, -0.05) is 12.0 Å². The molecule has 0 aliphatic rings. The van der Waals surface area contributed by atoms with Crippen LogP contribution in [0.2, 0.25) is 0 Å². The zero-order valence-corrected chi connectivity index (χ0v) is 9.56. The standard InChI is InChI=1S/C13H13FO2/c1-4-16-13(15)6-5-11-10(3)7-9(2)8-12(11)14/h7-8H,4H2,1-3H3. The molecule has 0 saturated carbocycles. The maximum atomic E-state index is 13.5. The molecule has 2 nitrogen and oxygen atoms in total. The second-order valence-corrected chi connectivity index (χ2v) is 3.41. The highest BCUT2D eigenvalue weighted by Gasteiger charge is 2.04. The fourth-order valence-electron chi connectivity index (χ4n) is 1.35. The molecule has 0 saturated heterocycles. The number of aryl methyl sites for hydroxylation is 2. The van der Waals surface area contributed by atoms with Gasteiger partial charge in [0.05, 0.1) is 12.2 Å². The lowest BCUT2D eigenvalue weighted by molar-refractivity contribution is -0.136. The first-order valence-corrected chi connectivity index (χ1v) is 5.00. The highest BCUT2D eigenvalue weighted by Crippen LogP contribution is 2.14. The third kappa shape index (κ3) is 3.09. The number of rotatable bonds is 1. The topological polar surface area (TPSA) is 26.3 Å². The smallest absolute Gasteiger partial charge is 0.384 e. The van der Waals surface area contributed by atoms with Crippen molar-refractivity contribution in [2.24, 2.45) is 0 Å². The molecule has 0 aliphatic carbocycles. The molecule has 0 N–H and O–H groups in total. The first kappa shape index (κ1) is 12.3. The average Bonchev–Trinajstić information content (AvgIpc) is 2.16. The molecule has 84 valence electrons. The summed E-state index contributed by atoms with van der Waals surface area (Å²) in [7, 11) is 0. The highest BCUT2D eigenvalue weighted by molar-refractivity contribution is 5.89. The molecule has 0 unspecified atom stereocenters. The van der Waals surface area contributed by atoms with Crippen molar-refractivity contribution >= 4 is 5.97 Å². The molecule has 0 atom stereocenters. The van der Waals surface area contributed by atoms with Gasteiger partial charge in [-0.3, -0.25) is 0 Å². The Bertz CT molecular complexity index is 444. The fourth-order valence-corrected chi connectivity index (χ4v) is 1.35. The van der Waals surface area contributed by atoms with E-state index in [4.69, 9.17) is 0 Å². The molecule has 0 spiro atoms. The zero-order valence-electron chi connectivity index (χ0n) is 9.56. The number of benzene rings is 1. The number of hydrogen-bond donors (Lipinski definition) is 0. The molecule has 1 aromatic rings. The van der Waals surface area contributed by atoms with Gasteiger partial charge in [0.25, 0.3) is 0 Å². The Labute approximate surface area is 94.4 Å². The fraction of sp³-hybridized carbons (Fsp3) is 0.308. The molecule has 0 amide bonds. The van der Waals surface area contributed by atoms with Crippen LogP contribution in [0.5, 0.6) is 0 Å². The van der Waals surface area contributed by atoms with Gasteiger partial charge in [0.2, 0.25) is 0 Å². The van der Waals surface area contributed by atoms with Crippen LogP contribution in [0, 0.1) is 31.5 Å². The van der Waals surface area contributed by atoms with E-state index in [1.807, 2.05) is 6.07 Å². The SMILES string of the molecule is CCOC(=O)C#Cc1c(C)cc(C)cc1F. The van der Waals surface area contributed by atoms with Crippen molar-refractivity contribution in [1.29, 1.82) is 0 Å². The van der Waals surface area contributed by atoms with Crippen LogP contribution in [0.15, 0.2) is 12.1 Å². The van der Waals surface area contributed by atoms with Crippen molar-refractivity contribution in [2.45, 2.75) is 20.8 Å². The van der Waals surface area contributed by atoms with E-state index in [2.05, 4.69) is 16.6 Å². The van der Waals surface area contributed by atoms with E-state index in [0.29, 0.717) is 5.56 Å². The van der Waals surface area contributed by atoms with Gasteiger partial charge in [0.1, 0.15) is 5.82 Å². The van der Waals surface area contributed by atoms with E-state index in [1.165, 1.54) is 6.07 Å². The van der Waals surface area contributed by atoms with Gasteiger partial charge in [-0.05, 0) is 38.0 Å². The van der Waals surface area contributed by atoms with Crippen LogP contribution < -0.4 is 0 Å². The summed E-state index contributed by atoms with van der Waals surface area (Å²) in [4.78, 5) is 11.0. The number of ether oxygens (including phenoxy) is 1. The summed E-state index contributed by atoms with van der Waals surface area (Å²) in [6.07, 6.45) is 0. The lowest BCUT2D eigenvalue weighted by atomic mass is 10.1. The predicted octanol–water partition coefficient (Wildman–Crippen LogP) is 2.36. The van der Waals surface area contributed by atoms with Crippen LogP contribution in [0.3, 0.4) is 0 Å². The lowest BCUT2D eigenvalue weighted by Gasteiger charge is -2.01. The van der Waals surface area contributed by atoms with E-state index in [-0.39, 0.29) is 12.2 Å². The maximum Gasteiger partial charge on any atom is 0.384 e. The van der Waals surface area contributed by atoms with Crippen molar-refractivity contribution in [1.82, 2.24) is 0 Å². The summed E-state index contributed by atoms with van der Waals surface area (Å²) in [5, 5.41) is 0. The Morgan fingerprint density at radius 3 is 2.69 bits per heavy atom.